The molecule has 0 aliphatic rings. The molecule has 210 valence electrons. The highest BCUT2D eigenvalue weighted by Gasteiger charge is 2.31. The van der Waals surface area contributed by atoms with Gasteiger partial charge in [-0.3, -0.25) is 10.1 Å². The fourth-order valence-corrected chi connectivity index (χ4v) is 4.12. The second-order valence-corrected chi connectivity index (χ2v) is 8.71. The zero-order valence-corrected chi connectivity index (χ0v) is 22.2. The Morgan fingerprint density at radius 1 is 1.02 bits per heavy atom. The molecule has 0 saturated carbocycles. The molecule has 0 saturated heterocycles. The predicted octanol–water partition coefficient (Wildman–Crippen LogP) is 5.47. The Hall–Kier alpha value is -4.72. The molecule has 0 amide bonds. The number of halogens is 3. The second kappa shape index (κ2) is 13.4. The van der Waals surface area contributed by atoms with Crippen molar-refractivity contribution in [3.63, 3.8) is 0 Å². The van der Waals surface area contributed by atoms with Crippen LogP contribution in [0.1, 0.15) is 29.2 Å². The van der Waals surface area contributed by atoms with Crippen LogP contribution < -0.4 is 14.8 Å². The molecule has 0 spiro atoms. The van der Waals surface area contributed by atoms with Crippen molar-refractivity contribution >= 4 is 11.9 Å². The summed E-state index contributed by atoms with van der Waals surface area (Å²) in [6.07, 6.45) is -3.00. The Kier molecular flexibility index (Phi) is 9.97. The van der Waals surface area contributed by atoms with E-state index >= 15 is 0 Å². The summed E-state index contributed by atoms with van der Waals surface area (Å²) in [6.45, 7) is 2.30. The van der Waals surface area contributed by atoms with Gasteiger partial charge in [0.05, 0.1) is 32.7 Å². The summed E-state index contributed by atoms with van der Waals surface area (Å²) < 4.78 is 51.8. The van der Waals surface area contributed by atoms with Crippen molar-refractivity contribution in [3.8, 4) is 28.8 Å². The molecular formula is C29H29F3N4O4. The lowest BCUT2D eigenvalue weighted by molar-refractivity contribution is -0.138. The third kappa shape index (κ3) is 7.66. The quantitative estimate of drug-likeness (QED) is 0.148. The number of guanidine groups is 1. The number of hydrogen-bond donors (Lipinski definition) is 2. The van der Waals surface area contributed by atoms with Crippen LogP contribution in [-0.4, -0.2) is 42.7 Å². The molecule has 2 N–H and O–H groups in total. The molecular weight excluding hydrogens is 525 g/mol. The number of aliphatic imine (C=N–C) groups is 1. The average molecular weight is 555 g/mol. The van der Waals surface area contributed by atoms with Crippen LogP contribution in [0.15, 0.2) is 65.7 Å². The lowest BCUT2D eigenvalue weighted by Crippen LogP contribution is -2.39. The van der Waals surface area contributed by atoms with Gasteiger partial charge in [0.1, 0.15) is 11.5 Å². The summed E-state index contributed by atoms with van der Waals surface area (Å²) in [5, 5.41) is 21.2. The van der Waals surface area contributed by atoms with Crippen molar-refractivity contribution in [2.45, 2.75) is 32.6 Å². The smallest absolute Gasteiger partial charge is 0.416 e. The van der Waals surface area contributed by atoms with Gasteiger partial charge in [0.15, 0.2) is 6.19 Å². The van der Waals surface area contributed by atoms with Gasteiger partial charge < -0.3 is 19.5 Å². The van der Waals surface area contributed by atoms with Gasteiger partial charge in [-0.1, -0.05) is 24.3 Å². The number of ether oxygens (including phenoxy) is 2. The number of hydrogen-bond acceptors (Lipinski definition) is 5. The second-order valence-electron chi connectivity index (χ2n) is 8.71. The molecule has 0 fully saturated rings. The maximum absolute atomic E-state index is 13.7. The Morgan fingerprint density at radius 2 is 1.73 bits per heavy atom. The highest BCUT2D eigenvalue weighted by atomic mass is 19.4. The number of methoxy groups -OCH3 is 2. The van der Waals surface area contributed by atoms with Crippen LogP contribution in [0.4, 0.5) is 13.2 Å². The molecule has 40 heavy (non-hydrogen) atoms. The van der Waals surface area contributed by atoms with Gasteiger partial charge in [-0.2, -0.15) is 18.4 Å². The summed E-state index contributed by atoms with van der Waals surface area (Å²) in [5.74, 6) is 0.205. The number of carbonyl (C=O) groups is 1. The van der Waals surface area contributed by atoms with E-state index in [4.69, 9.17) is 9.47 Å². The van der Waals surface area contributed by atoms with Gasteiger partial charge in [0, 0.05) is 18.7 Å². The summed E-state index contributed by atoms with van der Waals surface area (Å²) in [5.41, 5.74) is 1.64. The third-order valence-corrected chi connectivity index (χ3v) is 6.12. The highest BCUT2D eigenvalue weighted by Crippen LogP contribution is 2.38. The van der Waals surface area contributed by atoms with Crippen molar-refractivity contribution in [2.75, 3.05) is 20.8 Å². The number of nitrogens with one attached hydrogen (secondary N) is 1. The van der Waals surface area contributed by atoms with Crippen LogP contribution in [0, 0.1) is 11.5 Å². The fraction of sp³-hybridized carbons (Fsp3) is 0.276. The van der Waals surface area contributed by atoms with Gasteiger partial charge in [-0.25, -0.2) is 4.99 Å². The summed E-state index contributed by atoms with van der Waals surface area (Å²) in [6, 6.07) is 15.4. The summed E-state index contributed by atoms with van der Waals surface area (Å²) in [7, 11) is 2.99. The standard InChI is InChI=1S/C29H29F3N4O4/c1-4-36(28(35-18-33)34-16-19-5-9-23(39-2)10-6-19)17-21-15-22(29(30,31)32)8-11-24(21)25-13-20(14-27(37)38)7-12-26(25)40-3/h5-13,15H,4,14,16-17H2,1-3H3,(H,34,35)(H,37,38). The van der Waals surface area contributed by atoms with E-state index in [0.29, 0.717) is 40.3 Å². The molecule has 0 atom stereocenters. The number of carboxylic acids is 1. The van der Waals surface area contributed by atoms with Crippen molar-refractivity contribution in [1.29, 1.82) is 5.26 Å². The Balaban J connectivity index is 2.07. The first kappa shape index (κ1) is 29.8. The maximum Gasteiger partial charge on any atom is 0.416 e. The number of aliphatic carboxylic acids is 1. The highest BCUT2D eigenvalue weighted by molar-refractivity contribution is 5.82. The molecule has 0 unspecified atom stereocenters. The first-order valence-corrected chi connectivity index (χ1v) is 12.3. The number of carboxylic acid groups (broad SMARTS) is 1. The fourth-order valence-electron chi connectivity index (χ4n) is 4.12. The molecule has 0 aliphatic heterocycles. The van der Waals surface area contributed by atoms with Crippen LogP contribution in [0.5, 0.6) is 11.5 Å². The third-order valence-electron chi connectivity index (χ3n) is 6.12. The van der Waals surface area contributed by atoms with Crippen LogP contribution in [0.2, 0.25) is 0 Å². The Morgan fingerprint density at radius 3 is 2.30 bits per heavy atom. The molecule has 3 rings (SSSR count). The van der Waals surface area contributed by atoms with E-state index in [1.165, 1.54) is 13.2 Å². The van der Waals surface area contributed by atoms with Crippen molar-refractivity contribution in [3.05, 3.63) is 82.9 Å². The van der Waals surface area contributed by atoms with E-state index in [1.807, 2.05) is 18.3 Å². The van der Waals surface area contributed by atoms with E-state index in [2.05, 4.69) is 10.3 Å². The summed E-state index contributed by atoms with van der Waals surface area (Å²) >= 11 is 0. The number of alkyl halides is 3. The lowest BCUT2D eigenvalue weighted by atomic mass is 9.94. The molecule has 3 aromatic rings. The Labute approximate surface area is 230 Å². The number of benzene rings is 3. The van der Waals surface area contributed by atoms with Gasteiger partial charge >= 0.3 is 12.1 Å². The zero-order valence-electron chi connectivity index (χ0n) is 22.2. The molecule has 8 nitrogen and oxygen atoms in total. The number of nitrogens with zero attached hydrogens (tertiary/aromatic N) is 3. The van der Waals surface area contributed by atoms with E-state index < -0.39 is 17.7 Å². The Bertz CT molecular complexity index is 1400. The number of rotatable bonds is 10. The van der Waals surface area contributed by atoms with Gasteiger partial charge in [0.2, 0.25) is 5.96 Å². The largest absolute Gasteiger partial charge is 0.497 e. The van der Waals surface area contributed by atoms with E-state index in [1.54, 1.807) is 49.3 Å². The normalized spacial score (nSPS) is 11.5. The van der Waals surface area contributed by atoms with Gasteiger partial charge in [0.25, 0.3) is 0 Å². The SMILES string of the molecule is CCN(Cc1cc(C(F)(F)F)ccc1-c1cc(CC(=O)O)ccc1OC)C(=NCc1ccc(OC)cc1)NC#N. The van der Waals surface area contributed by atoms with E-state index in [-0.39, 0.29) is 25.5 Å². The molecule has 3 aromatic carbocycles. The van der Waals surface area contributed by atoms with Crippen LogP contribution >= 0.6 is 0 Å². The van der Waals surface area contributed by atoms with E-state index in [9.17, 15) is 28.3 Å². The maximum atomic E-state index is 13.7. The lowest BCUT2D eigenvalue weighted by Gasteiger charge is -2.26. The van der Waals surface area contributed by atoms with Crippen molar-refractivity contribution < 1.29 is 32.5 Å². The topological polar surface area (TPSA) is 107 Å². The molecule has 0 radical (unpaired) electrons. The minimum Gasteiger partial charge on any atom is -0.497 e. The first-order chi connectivity index (χ1) is 19.1. The van der Waals surface area contributed by atoms with Crippen LogP contribution in [-0.2, 0) is 30.5 Å². The van der Waals surface area contributed by atoms with Gasteiger partial charge in [-0.15, -0.1) is 0 Å². The molecule has 0 aliphatic carbocycles. The van der Waals surface area contributed by atoms with Crippen molar-refractivity contribution in [2.24, 2.45) is 4.99 Å². The number of nitriles is 1. The van der Waals surface area contributed by atoms with Gasteiger partial charge in [-0.05, 0) is 65.6 Å². The molecule has 0 heterocycles. The van der Waals surface area contributed by atoms with Crippen LogP contribution in [0.3, 0.4) is 0 Å². The molecule has 0 bridgehead atoms. The zero-order chi connectivity index (χ0) is 29.3. The average Bonchev–Trinajstić information content (AvgIpc) is 2.93. The van der Waals surface area contributed by atoms with E-state index in [0.717, 1.165) is 17.7 Å². The summed E-state index contributed by atoms with van der Waals surface area (Å²) in [4.78, 5) is 17.5. The molecule has 0 aromatic heterocycles. The molecule has 11 heteroatoms. The monoisotopic (exact) mass is 554 g/mol. The minimum atomic E-state index is -4.59. The predicted molar refractivity (Wildman–Crippen MR) is 144 cm³/mol. The van der Waals surface area contributed by atoms with Crippen LogP contribution in [0.25, 0.3) is 11.1 Å². The first-order valence-electron chi connectivity index (χ1n) is 12.3. The minimum absolute atomic E-state index is 0.0296. The van der Waals surface area contributed by atoms with Crippen molar-refractivity contribution in [1.82, 2.24) is 10.2 Å².